The largest absolute Gasteiger partial charge is 0.503 e. The summed E-state index contributed by atoms with van der Waals surface area (Å²) >= 11 is 1.24. The molecular formula is C23H26N4O5S. The lowest BCUT2D eigenvalue weighted by Gasteiger charge is -2.39. The number of aromatic nitrogens is 2. The number of aliphatic hydroxyl groups is 1. The molecule has 1 N–H and O–H groups in total. The van der Waals surface area contributed by atoms with Gasteiger partial charge in [0.1, 0.15) is 6.04 Å². The van der Waals surface area contributed by atoms with Gasteiger partial charge in [0.25, 0.3) is 5.91 Å². The quantitative estimate of drug-likeness (QED) is 0.667. The zero-order valence-electron chi connectivity index (χ0n) is 18.8. The molecule has 174 valence electrons. The van der Waals surface area contributed by atoms with Crippen LogP contribution in [0.1, 0.15) is 51.9 Å². The maximum atomic E-state index is 13.5. The van der Waals surface area contributed by atoms with Crippen molar-refractivity contribution in [2.75, 3.05) is 19.7 Å². The molecule has 4 heterocycles. The first-order valence-electron chi connectivity index (χ1n) is 10.9. The minimum absolute atomic E-state index is 0.0262. The molecule has 0 saturated carbocycles. The summed E-state index contributed by atoms with van der Waals surface area (Å²) in [6.07, 6.45) is 2.22. The molecule has 2 aliphatic rings. The Morgan fingerprint density at radius 3 is 2.55 bits per heavy atom. The van der Waals surface area contributed by atoms with Crippen LogP contribution in [0.2, 0.25) is 0 Å². The van der Waals surface area contributed by atoms with Gasteiger partial charge >= 0.3 is 6.09 Å². The number of aliphatic hydroxyl groups excluding tert-OH is 1. The van der Waals surface area contributed by atoms with E-state index in [2.05, 4.69) is 9.97 Å². The van der Waals surface area contributed by atoms with Crippen LogP contribution in [0.5, 0.6) is 0 Å². The fourth-order valence-electron chi connectivity index (χ4n) is 4.47. The molecule has 1 atom stereocenters. The molecule has 0 bridgehead atoms. The third-order valence-electron chi connectivity index (χ3n) is 5.95. The Balaban J connectivity index is 1.67. The normalized spacial score (nSPS) is 19.4. The van der Waals surface area contributed by atoms with Gasteiger partial charge < -0.3 is 19.6 Å². The number of pyridine rings is 1. The molecule has 10 heteroatoms. The summed E-state index contributed by atoms with van der Waals surface area (Å²) in [4.78, 5) is 51.2. The third-order valence-corrected chi connectivity index (χ3v) is 7.02. The summed E-state index contributed by atoms with van der Waals surface area (Å²) in [6.45, 7) is 6.43. The van der Waals surface area contributed by atoms with Crippen molar-refractivity contribution in [2.45, 2.75) is 45.7 Å². The molecule has 2 aliphatic heterocycles. The second kappa shape index (κ2) is 9.30. The predicted molar refractivity (Wildman–Crippen MR) is 121 cm³/mol. The van der Waals surface area contributed by atoms with E-state index in [-0.39, 0.29) is 17.7 Å². The highest BCUT2D eigenvalue weighted by molar-refractivity contribution is 7.14. The molecule has 0 spiro atoms. The highest BCUT2D eigenvalue weighted by Gasteiger charge is 2.48. The molecule has 9 nitrogen and oxygen atoms in total. The van der Waals surface area contributed by atoms with Crippen LogP contribution in [-0.4, -0.2) is 68.4 Å². The number of carbonyl (C=O) groups excluding carboxylic acids is 3. The van der Waals surface area contributed by atoms with Crippen LogP contribution in [0.4, 0.5) is 4.79 Å². The fourth-order valence-corrected chi connectivity index (χ4v) is 5.34. The Labute approximate surface area is 195 Å². The second-order valence-corrected chi connectivity index (χ2v) is 9.23. The van der Waals surface area contributed by atoms with E-state index in [1.54, 1.807) is 48.0 Å². The summed E-state index contributed by atoms with van der Waals surface area (Å²) in [5.74, 6) is -1.55. The number of ketones is 1. The number of thiazole rings is 1. The number of rotatable bonds is 5. The Morgan fingerprint density at radius 2 is 1.97 bits per heavy atom. The van der Waals surface area contributed by atoms with Crippen LogP contribution in [0, 0.1) is 13.8 Å². The molecule has 1 unspecified atom stereocenters. The van der Waals surface area contributed by atoms with Gasteiger partial charge in [-0.05, 0) is 45.7 Å². The number of hydrogen-bond acceptors (Lipinski definition) is 8. The Bertz CT molecular complexity index is 1110. The first kappa shape index (κ1) is 22.9. The Hall–Kier alpha value is -3.27. The average molecular weight is 471 g/mol. The van der Waals surface area contributed by atoms with E-state index in [4.69, 9.17) is 4.74 Å². The maximum Gasteiger partial charge on any atom is 0.409 e. The lowest BCUT2D eigenvalue weighted by Crippen LogP contribution is -2.49. The third kappa shape index (κ3) is 4.22. The summed E-state index contributed by atoms with van der Waals surface area (Å²) in [5, 5.41) is 11.6. The number of aryl methyl sites for hydroxylation is 2. The monoisotopic (exact) mass is 470 g/mol. The Kier molecular flexibility index (Phi) is 6.46. The van der Waals surface area contributed by atoms with Gasteiger partial charge in [0.05, 0.1) is 33.5 Å². The van der Waals surface area contributed by atoms with Crippen LogP contribution in [0.25, 0.3) is 0 Å². The SMILES string of the molecule is CCOC(=O)N1CCC(N2C(=O)C(O)=C(C(=O)c3sc(C)nc3C)C2c2ccccn2)CC1. The number of ether oxygens (including phenoxy) is 1. The van der Waals surface area contributed by atoms with Crippen LogP contribution >= 0.6 is 11.3 Å². The van der Waals surface area contributed by atoms with E-state index in [0.717, 1.165) is 5.01 Å². The highest BCUT2D eigenvalue weighted by Crippen LogP contribution is 2.42. The lowest BCUT2D eigenvalue weighted by molar-refractivity contribution is -0.132. The standard InChI is InChI=1S/C23H26N4O5S/c1-4-32-23(31)26-11-8-15(9-12-26)27-18(16-7-5-6-10-24-16)17(20(29)22(27)30)19(28)21-13(2)25-14(3)33-21/h5-7,10,15,18,29H,4,8-9,11-12H2,1-3H3. The molecule has 1 saturated heterocycles. The number of carbonyl (C=O) groups is 3. The molecule has 2 aromatic rings. The smallest absolute Gasteiger partial charge is 0.409 e. The summed E-state index contributed by atoms with van der Waals surface area (Å²) in [6, 6.07) is 4.20. The molecule has 4 rings (SSSR count). The number of Topliss-reactive ketones (excluding diaryl/α,β-unsaturated/α-hetero) is 1. The molecule has 1 fully saturated rings. The molecule has 2 aromatic heterocycles. The summed E-state index contributed by atoms with van der Waals surface area (Å²) in [5.41, 5.74) is 1.10. The average Bonchev–Trinajstić information content (AvgIpc) is 3.29. The maximum absolute atomic E-state index is 13.5. The van der Waals surface area contributed by atoms with E-state index in [1.807, 2.05) is 6.92 Å². The van der Waals surface area contributed by atoms with Gasteiger partial charge in [-0.2, -0.15) is 0 Å². The van der Waals surface area contributed by atoms with Gasteiger partial charge in [-0.15, -0.1) is 11.3 Å². The lowest BCUT2D eigenvalue weighted by atomic mass is 9.95. The van der Waals surface area contributed by atoms with Gasteiger partial charge in [-0.25, -0.2) is 9.78 Å². The molecule has 0 radical (unpaired) electrons. The zero-order valence-corrected chi connectivity index (χ0v) is 19.6. The Morgan fingerprint density at radius 1 is 1.24 bits per heavy atom. The number of amides is 2. The van der Waals surface area contributed by atoms with Crippen LogP contribution < -0.4 is 0 Å². The number of likely N-dealkylation sites (tertiary alicyclic amines) is 1. The minimum atomic E-state index is -0.813. The van der Waals surface area contributed by atoms with Crippen LogP contribution in [-0.2, 0) is 9.53 Å². The van der Waals surface area contributed by atoms with E-state index in [1.165, 1.54) is 11.3 Å². The molecule has 0 aliphatic carbocycles. The predicted octanol–water partition coefficient (Wildman–Crippen LogP) is 3.35. The van der Waals surface area contributed by atoms with Crippen molar-refractivity contribution in [3.8, 4) is 0 Å². The second-order valence-electron chi connectivity index (χ2n) is 8.03. The van der Waals surface area contributed by atoms with Crippen molar-refractivity contribution in [1.29, 1.82) is 0 Å². The minimum Gasteiger partial charge on any atom is -0.503 e. The highest BCUT2D eigenvalue weighted by atomic mass is 32.1. The van der Waals surface area contributed by atoms with Crippen molar-refractivity contribution < 1.29 is 24.2 Å². The van der Waals surface area contributed by atoms with E-state index in [9.17, 15) is 19.5 Å². The van der Waals surface area contributed by atoms with Crippen molar-refractivity contribution in [3.63, 3.8) is 0 Å². The number of piperidine rings is 1. The van der Waals surface area contributed by atoms with Gasteiger partial charge in [-0.3, -0.25) is 14.6 Å². The van der Waals surface area contributed by atoms with Crippen molar-refractivity contribution in [3.05, 3.63) is 57.0 Å². The van der Waals surface area contributed by atoms with Crippen LogP contribution in [0.15, 0.2) is 35.7 Å². The molecular weight excluding hydrogens is 444 g/mol. The topological polar surface area (TPSA) is 113 Å². The van der Waals surface area contributed by atoms with E-state index >= 15 is 0 Å². The first-order valence-corrected chi connectivity index (χ1v) is 11.7. The van der Waals surface area contributed by atoms with E-state index in [0.29, 0.717) is 48.8 Å². The van der Waals surface area contributed by atoms with Gasteiger partial charge in [0.15, 0.2) is 5.76 Å². The zero-order chi connectivity index (χ0) is 23.7. The molecule has 33 heavy (non-hydrogen) atoms. The molecule has 2 amide bonds. The summed E-state index contributed by atoms with van der Waals surface area (Å²) < 4.78 is 5.08. The van der Waals surface area contributed by atoms with Crippen molar-refractivity contribution in [2.24, 2.45) is 0 Å². The first-order chi connectivity index (χ1) is 15.8. The van der Waals surface area contributed by atoms with Gasteiger partial charge in [-0.1, -0.05) is 6.07 Å². The fraction of sp³-hybridized carbons (Fsp3) is 0.435. The number of nitrogens with zero attached hydrogens (tertiary/aromatic N) is 4. The van der Waals surface area contributed by atoms with Crippen LogP contribution in [0.3, 0.4) is 0 Å². The summed E-state index contributed by atoms with van der Waals surface area (Å²) in [7, 11) is 0. The van der Waals surface area contributed by atoms with E-state index < -0.39 is 23.5 Å². The van der Waals surface area contributed by atoms with Crippen molar-refractivity contribution in [1.82, 2.24) is 19.8 Å². The van der Waals surface area contributed by atoms with Crippen molar-refractivity contribution >= 4 is 29.1 Å². The van der Waals surface area contributed by atoms with Gasteiger partial charge in [0.2, 0.25) is 5.78 Å². The van der Waals surface area contributed by atoms with Gasteiger partial charge in [0, 0.05) is 25.3 Å². The molecule has 0 aromatic carbocycles. The number of hydrogen-bond donors (Lipinski definition) is 1.